The van der Waals surface area contributed by atoms with Crippen LogP contribution >= 0.6 is 0 Å². The number of aromatic nitrogens is 2. The Hall–Kier alpha value is -1.86. The molecule has 1 N–H and O–H groups in total. The van der Waals surface area contributed by atoms with Gasteiger partial charge in [-0.2, -0.15) is 5.26 Å². The summed E-state index contributed by atoms with van der Waals surface area (Å²) >= 11 is 0. The Balaban J connectivity index is 2.29. The molecule has 2 unspecified atom stereocenters. The topological polar surface area (TPSA) is 53.6 Å². The quantitative estimate of drug-likeness (QED) is 0.896. The number of imidazole rings is 1. The molecule has 0 amide bonds. The number of hydrogen-bond donors (Lipinski definition) is 1. The van der Waals surface area contributed by atoms with E-state index in [-0.39, 0.29) is 6.04 Å². The molecule has 94 valence electrons. The maximum Gasteiger partial charge on any atom is 0.105 e. The van der Waals surface area contributed by atoms with E-state index in [0.717, 1.165) is 17.5 Å². The second-order valence-corrected chi connectivity index (χ2v) is 4.89. The van der Waals surface area contributed by atoms with Crippen LogP contribution in [-0.4, -0.2) is 22.1 Å². The molecule has 0 spiro atoms. The molecule has 0 saturated heterocycles. The van der Waals surface area contributed by atoms with Gasteiger partial charge in [-0.25, -0.2) is 4.98 Å². The highest BCUT2D eigenvalue weighted by Gasteiger charge is 2.25. The summed E-state index contributed by atoms with van der Waals surface area (Å²) in [5.74, 6) is 0. The lowest BCUT2D eigenvalue weighted by molar-refractivity contribution is 0.372. The molecule has 18 heavy (non-hydrogen) atoms. The van der Waals surface area contributed by atoms with E-state index in [9.17, 15) is 5.26 Å². The van der Waals surface area contributed by atoms with E-state index in [0.29, 0.717) is 0 Å². The zero-order valence-electron chi connectivity index (χ0n) is 11.0. The minimum atomic E-state index is -0.509. The van der Waals surface area contributed by atoms with E-state index < -0.39 is 5.54 Å². The van der Waals surface area contributed by atoms with E-state index in [4.69, 9.17) is 0 Å². The van der Waals surface area contributed by atoms with Gasteiger partial charge < -0.3 is 9.88 Å². The van der Waals surface area contributed by atoms with E-state index in [1.807, 2.05) is 38.5 Å². The molecule has 0 radical (unpaired) electrons. The minimum Gasteiger partial charge on any atom is -0.328 e. The molecule has 2 rings (SSSR count). The van der Waals surface area contributed by atoms with Crippen molar-refractivity contribution >= 4 is 11.0 Å². The third kappa shape index (κ3) is 2.22. The van der Waals surface area contributed by atoms with Gasteiger partial charge in [0.15, 0.2) is 0 Å². The van der Waals surface area contributed by atoms with Crippen LogP contribution in [0.4, 0.5) is 0 Å². The predicted molar refractivity (Wildman–Crippen MR) is 72.1 cm³/mol. The van der Waals surface area contributed by atoms with Crippen LogP contribution in [0.25, 0.3) is 11.0 Å². The molecule has 0 bridgehead atoms. The van der Waals surface area contributed by atoms with Gasteiger partial charge in [-0.15, -0.1) is 0 Å². The van der Waals surface area contributed by atoms with Crippen LogP contribution in [0, 0.1) is 11.3 Å². The van der Waals surface area contributed by atoms with Crippen molar-refractivity contribution in [1.82, 2.24) is 14.9 Å². The van der Waals surface area contributed by atoms with Gasteiger partial charge in [0.05, 0.1) is 23.4 Å². The third-order valence-corrected chi connectivity index (χ3v) is 3.46. The molecule has 0 aliphatic heterocycles. The third-order valence-electron chi connectivity index (χ3n) is 3.46. The molecular formula is C14H18N4. The molecule has 0 saturated carbocycles. The molecule has 2 aromatic rings. The SMILES string of the molecule is CNC(C)(C#N)CC(C)n1cnc2ccccc21. The zero-order valence-corrected chi connectivity index (χ0v) is 11.0. The summed E-state index contributed by atoms with van der Waals surface area (Å²) in [5, 5.41) is 12.3. The monoisotopic (exact) mass is 242 g/mol. The molecule has 1 aromatic carbocycles. The van der Waals surface area contributed by atoms with Gasteiger partial charge >= 0.3 is 0 Å². The lowest BCUT2D eigenvalue weighted by atomic mass is 9.95. The van der Waals surface area contributed by atoms with Crippen molar-refractivity contribution in [2.75, 3.05) is 7.05 Å². The predicted octanol–water partition coefficient (Wildman–Crippen LogP) is 2.49. The Morgan fingerprint density at radius 3 is 2.89 bits per heavy atom. The largest absolute Gasteiger partial charge is 0.328 e. The molecule has 1 aromatic heterocycles. The normalized spacial score (nSPS) is 16.1. The first kappa shape index (κ1) is 12.6. The zero-order chi connectivity index (χ0) is 13.2. The van der Waals surface area contributed by atoms with E-state index in [1.165, 1.54) is 0 Å². The molecule has 4 nitrogen and oxygen atoms in total. The van der Waals surface area contributed by atoms with Crippen LogP contribution in [0.5, 0.6) is 0 Å². The van der Waals surface area contributed by atoms with Crippen molar-refractivity contribution in [2.45, 2.75) is 31.8 Å². The lowest BCUT2D eigenvalue weighted by Gasteiger charge is -2.25. The number of nitriles is 1. The summed E-state index contributed by atoms with van der Waals surface area (Å²) in [6.45, 7) is 4.03. The number of hydrogen-bond acceptors (Lipinski definition) is 3. The first-order chi connectivity index (χ1) is 8.59. The fourth-order valence-corrected chi connectivity index (χ4v) is 2.22. The molecular weight excluding hydrogens is 224 g/mol. The van der Waals surface area contributed by atoms with Crippen LogP contribution in [-0.2, 0) is 0 Å². The van der Waals surface area contributed by atoms with Crippen LogP contribution in [0.1, 0.15) is 26.3 Å². The number of fused-ring (bicyclic) bond motifs is 1. The van der Waals surface area contributed by atoms with Crippen LogP contribution in [0.3, 0.4) is 0 Å². The van der Waals surface area contributed by atoms with E-state index in [1.54, 1.807) is 0 Å². The van der Waals surface area contributed by atoms with Gasteiger partial charge in [0, 0.05) is 6.04 Å². The van der Waals surface area contributed by atoms with Crippen LogP contribution in [0.15, 0.2) is 30.6 Å². The summed E-state index contributed by atoms with van der Waals surface area (Å²) in [6, 6.07) is 10.6. The Morgan fingerprint density at radius 2 is 2.22 bits per heavy atom. The summed E-state index contributed by atoms with van der Waals surface area (Å²) in [6.07, 6.45) is 2.59. The number of para-hydroxylation sites is 2. The Labute approximate surface area is 107 Å². The first-order valence-corrected chi connectivity index (χ1v) is 6.11. The van der Waals surface area contributed by atoms with Crippen molar-refractivity contribution in [1.29, 1.82) is 5.26 Å². The number of nitrogens with zero attached hydrogens (tertiary/aromatic N) is 3. The first-order valence-electron chi connectivity index (χ1n) is 6.11. The van der Waals surface area contributed by atoms with Crippen molar-refractivity contribution < 1.29 is 0 Å². The molecule has 1 heterocycles. The highest BCUT2D eigenvalue weighted by molar-refractivity contribution is 5.75. The maximum atomic E-state index is 9.21. The standard InChI is InChI=1S/C14H18N4/c1-11(8-14(2,9-15)16-3)18-10-17-12-6-4-5-7-13(12)18/h4-7,10-11,16H,8H2,1-3H3. The molecule has 4 heteroatoms. The fourth-order valence-electron chi connectivity index (χ4n) is 2.22. The van der Waals surface area contributed by atoms with Gasteiger partial charge in [0.25, 0.3) is 0 Å². The number of benzene rings is 1. The Bertz CT molecular complexity index is 581. The Kier molecular flexibility index (Phi) is 3.35. The summed E-state index contributed by atoms with van der Waals surface area (Å²) in [4.78, 5) is 4.38. The van der Waals surface area contributed by atoms with Crippen molar-refractivity contribution in [2.24, 2.45) is 0 Å². The van der Waals surface area contributed by atoms with Crippen molar-refractivity contribution in [3.05, 3.63) is 30.6 Å². The van der Waals surface area contributed by atoms with E-state index in [2.05, 4.69) is 33.9 Å². The average molecular weight is 242 g/mol. The Morgan fingerprint density at radius 1 is 1.50 bits per heavy atom. The van der Waals surface area contributed by atoms with E-state index >= 15 is 0 Å². The van der Waals surface area contributed by atoms with Crippen LogP contribution in [0.2, 0.25) is 0 Å². The molecule has 0 aliphatic rings. The molecule has 0 fully saturated rings. The van der Waals surface area contributed by atoms with Crippen molar-refractivity contribution in [3.8, 4) is 6.07 Å². The second kappa shape index (κ2) is 4.79. The van der Waals surface area contributed by atoms with Crippen LogP contribution < -0.4 is 5.32 Å². The van der Waals surface area contributed by atoms with Crippen molar-refractivity contribution in [3.63, 3.8) is 0 Å². The van der Waals surface area contributed by atoms with Gasteiger partial charge in [-0.3, -0.25) is 0 Å². The van der Waals surface area contributed by atoms with Gasteiger partial charge in [-0.05, 0) is 39.4 Å². The fraction of sp³-hybridized carbons (Fsp3) is 0.429. The van der Waals surface area contributed by atoms with Gasteiger partial charge in [0.2, 0.25) is 0 Å². The average Bonchev–Trinajstić information content (AvgIpc) is 2.82. The molecule has 2 atom stereocenters. The molecule has 0 aliphatic carbocycles. The maximum absolute atomic E-state index is 9.21. The highest BCUT2D eigenvalue weighted by Crippen LogP contribution is 2.24. The smallest absolute Gasteiger partial charge is 0.105 e. The van der Waals surface area contributed by atoms with Gasteiger partial charge in [0.1, 0.15) is 5.54 Å². The van der Waals surface area contributed by atoms with Gasteiger partial charge in [-0.1, -0.05) is 12.1 Å². The summed E-state index contributed by atoms with van der Waals surface area (Å²) in [7, 11) is 1.82. The summed E-state index contributed by atoms with van der Waals surface area (Å²) < 4.78 is 2.13. The number of rotatable bonds is 4. The second-order valence-electron chi connectivity index (χ2n) is 4.89. The number of nitrogens with one attached hydrogen (secondary N) is 1. The highest BCUT2D eigenvalue weighted by atomic mass is 15.1. The minimum absolute atomic E-state index is 0.217. The lowest BCUT2D eigenvalue weighted by Crippen LogP contribution is -2.39. The summed E-state index contributed by atoms with van der Waals surface area (Å²) in [5.41, 5.74) is 1.60.